The number of aliphatic hydroxyl groups excluding tert-OH is 3. The number of aldehydes is 2. The highest BCUT2D eigenvalue weighted by molar-refractivity contribution is 5.86. The lowest BCUT2D eigenvalue weighted by Crippen LogP contribution is -2.53. The summed E-state index contributed by atoms with van der Waals surface area (Å²) >= 11 is 0. The second kappa shape index (κ2) is 18.2. The molecule has 9 N–H and O–H groups in total. The fourth-order valence-electron chi connectivity index (χ4n) is 10.7. The van der Waals surface area contributed by atoms with Gasteiger partial charge in [-0.25, -0.2) is 9.79 Å². The Labute approximate surface area is 333 Å². The summed E-state index contributed by atoms with van der Waals surface area (Å²) in [5, 5.41) is 50.0. The van der Waals surface area contributed by atoms with E-state index in [1.807, 2.05) is 24.4 Å². The Morgan fingerprint density at radius 1 is 1.02 bits per heavy atom. The second-order valence-electron chi connectivity index (χ2n) is 16.7. The molecule has 0 amide bonds. The normalized spacial score (nSPS) is 28.1. The molecule has 1 aliphatic heterocycles. The Bertz CT molecular complexity index is 1980. The van der Waals surface area contributed by atoms with Gasteiger partial charge in [0.15, 0.2) is 5.96 Å². The molecule has 0 saturated heterocycles. The van der Waals surface area contributed by atoms with Gasteiger partial charge in [0.2, 0.25) is 0 Å². The van der Waals surface area contributed by atoms with Crippen LogP contribution in [0.4, 0.5) is 5.82 Å². The predicted molar refractivity (Wildman–Crippen MR) is 220 cm³/mol. The Morgan fingerprint density at radius 3 is 2.60 bits per heavy atom. The van der Waals surface area contributed by atoms with Gasteiger partial charge in [0.05, 0.1) is 30.8 Å². The molecule has 2 aromatic carbocycles. The maximum absolute atomic E-state index is 12.7. The van der Waals surface area contributed by atoms with Crippen molar-refractivity contribution in [2.24, 2.45) is 40.3 Å². The van der Waals surface area contributed by atoms with Crippen LogP contribution < -0.4 is 16.4 Å². The van der Waals surface area contributed by atoms with E-state index in [2.05, 4.69) is 52.0 Å². The molecule has 12 heteroatoms. The highest BCUT2D eigenvalue weighted by Crippen LogP contribution is 2.62. The number of aliphatic hydroxyl groups is 3. The molecule has 0 spiro atoms. The molecular formula is C45H57N5O7. The van der Waals surface area contributed by atoms with Crippen LogP contribution in [0.3, 0.4) is 0 Å². The number of carboxylic acids is 1. The standard InChI is InChI=1S/C45H57N5O7/c46-45-48-31(25-54)22-39(49-45)38(23-41(56)57)44(50-40-4-1-16-47-40)35-14-13-33-34-12-9-28(8-11-32(55)10-6-27(24-53)3-2-17-51)42(43(34)35)37-21-30-19-26(15-18-52)5-7-29(30)20-36(33)37/h1,4-5,7,9,12,16,18-21,23-24,27-28,31-35,39,42-44,47,50-51,54-55H,2-3,6,8,10-11,13-15,17,22,25H2,(H,56,57)(H3,46,48,49)/b38-23+/t27-,28-,31-,32-,33+,34+,35+,39+,42-,43+,44-/m1/s1. The molecule has 3 aromatic rings. The van der Waals surface area contributed by atoms with Crippen LogP contribution in [0.2, 0.25) is 0 Å². The van der Waals surface area contributed by atoms with Gasteiger partial charge in [0.25, 0.3) is 0 Å². The minimum absolute atomic E-state index is 0.0217. The van der Waals surface area contributed by atoms with Gasteiger partial charge in [-0.3, -0.25) is 0 Å². The Balaban J connectivity index is 1.29. The molecule has 11 atom stereocenters. The lowest BCUT2D eigenvalue weighted by molar-refractivity contribution is -0.131. The molecule has 57 heavy (non-hydrogen) atoms. The first-order valence-electron chi connectivity index (χ1n) is 20.7. The number of benzene rings is 2. The Kier molecular flexibility index (Phi) is 12.9. The van der Waals surface area contributed by atoms with E-state index < -0.39 is 24.2 Å². The molecule has 1 fully saturated rings. The second-order valence-corrected chi connectivity index (χ2v) is 16.7. The molecule has 1 saturated carbocycles. The van der Waals surface area contributed by atoms with E-state index in [1.165, 1.54) is 17.2 Å². The first-order chi connectivity index (χ1) is 27.7. The number of anilines is 1. The molecule has 1 aromatic heterocycles. The third-order valence-electron chi connectivity index (χ3n) is 13.2. The van der Waals surface area contributed by atoms with Crippen molar-refractivity contribution in [1.29, 1.82) is 0 Å². The quantitative estimate of drug-likeness (QED) is 0.0466. The fourth-order valence-corrected chi connectivity index (χ4v) is 10.7. The molecule has 304 valence electrons. The first kappa shape index (κ1) is 40.4. The minimum atomic E-state index is -1.07. The van der Waals surface area contributed by atoms with Crippen LogP contribution in [0.15, 0.2) is 77.5 Å². The number of carbonyl (C=O) groups excluding carboxylic acids is 2. The van der Waals surface area contributed by atoms with Crippen LogP contribution >= 0.6 is 0 Å². The van der Waals surface area contributed by atoms with Crippen LogP contribution in [0.5, 0.6) is 0 Å². The van der Waals surface area contributed by atoms with Gasteiger partial charge in [0, 0.05) is 31.2 Å². The summed E-state index contributed by atoms with van der Waals surface area (Å²) in [6.45, 7) is -0.130. The molecule has 0 radical (unpaired) electrons. The number of guanidine groups is 1. The third-order valence-corrected chi connectivity index (χ3v) is 13.2. The van der Waals surface area contributed by atoms with E-state index in [1.54, 1.807) is 0 Å². The fraction of sp³-hybridized carbons (Fsp3) is 0.511. The topological polar surface area (TPSA) is 210 Å². The van der Waals surface area contributed by atoms with Crippen LogP contribution in [0, 0.1) is 29.6 Å². The number of hydrogen-bond acceptors (Lipinski definition) is 10. The zero-order valence-electron chi connectivity index (χ0n) is 32.4. The number of fused-ring (bicyclic) bond motifs is 4. The van der Waals surface area contributed by atoms with Crippen molar-refractivity contribution >= 4 is 41.1 Å². The summed E-state index contributed by atoms with van der Waals surface area (Å²) in [5.74, 6) is 0.361. The first-order valence-corrected chi connectivity index (χ1v) is 20.7. The molecule has 12 nitrogen and oxygen atoms in total. The number of nitrogens with one attached hydrogen (secondary N) is 3. The highest BCUT2D eigenvalue weighted by atomic mass is 16.4. The van der Waals surface area contributed by atoms with Gasteiger partial charge in [-0.2, -0.15) is 0 Å². The number of nitrogens with zero attached hydrogens (tertiary/aromatic N) is 1. The van der Waals surface area contributed by atoms with E-state index >= 15 is 0 Å². The Morgan fingerprint density at radius 2 is 1.86 bits per heavy atom. The number of aromatic nitrogens is 1. The number of allylic oxidation sites excluding steroid dienone is 2. The monoisotopic (exact) mass is 779 g/mol. The van der Waals surface area contributed by atoms with Gasteiger partial charge < -0.3 is 51.4 Å². The van der Waals surface area contributed by atoms with E-state index in [0.717, 1.165) is 54.0 Å². The van der Waals surface area contributed by atoms with Crippen molar-refractivity contribution in [2.45, 2.75) is 100 Å². The lowest BCUT2D eigenvalue weighted by Gasteiger charge is -2.57. The maximum atomic E-state index is 12.7. The number of nitrogens with two attached hydrogens (primary N) is 1. The number of aliphatic carboxylic acids is 1. The van der Waals surface area contributed by atoms with Crippen LogP contribution in [0.1, 0.15) is 86.3 Å². The van der Waals surface area contributed by atoms with Crippen LogP contribution in [0.25, 0.3) is 10.8 Å². The molecule has 7 rings (SSSR count). The molecule has 4 aliphatic rings. The number of carbonyl (C=O) groups is 3. The maximum Gasteiger partial charge on any atom is 0.328 e. The molecule has 2 heterocycles. The summed E-state index contributed by atoms with van der Waals surface area (Å²) in [7, 11) is 0. The summed E-state index contributed by atoms with van der Waals surface area (Å²) < 4.78 is 0. The van der Waals surface area contributed by atoms with Crippen molar-refractivity contribution in [3.05, 3.63) is 89.2 Å². The van der Waals surface area contributed by atoms with Gasteiger partial charge in [0.1, 0.15) is 18.4 Å². The van der Waals surface area contributed by atoms with Crippen molar-refractivity contribution < 1.29 is 34.8 Å². The number of aliphatic imine (C=N–C) groups is 1. The number of rotatable bonds is 19. The van der Waals surface area contributed by atoms with Gasteiger partial charge in [-0.1, -0.05) is 42.5 Å². The van der Waals surface area contributed by atoms with E-state index in [-0.39, 0.29) is 66.6 Å². The van der Waals surface area contributed by atoms with Crippen molar-refractivity contribution in [3.8, 4) is 0 Å². The van der Waals surface area contributed by atoms with Gasteiger partial charge >= 0.3 is 5.97 Å². The summed E-state index contributed by atoms with van der Waals surface area (Å²) in [5.41, 5.74) is 10.5. The largest absolute Gasteiger partial charge is 0.478 e. The third kappa shape index (κ3) is 8.88. The number of carboxylic acid groups (broad SMARTS) is 1. The highest BCUT2D eigenvalue weighted by Gasteiger charge is 2.54. The number of hydrogen-bond donors (Lipinski definition) is 8. The molecule has 4 bridgehead atoms. The summed E-state index contributed by atoms with van der Waals surface area (Å²) in [6.07, 6.45) is 15.2. The molecular weight excluding hydrogens is 723 g/mol. The average Bonchev–Trinajstić information content (AvgIpc) is 3.73. The van der Waals surface area contributed by atoms with E-state index in [0.29, 0.717) is 50.5 Å². The number of aromatic amines is 1. The van der Waals surface area contributed by atoms with E-state index in [4.69, 9.17) is 10.7 Å². The zero-order chi connectivity index (χ0) is 40.1. The Hall–Kier alpha value is -4.78. The minimum Gasteiger partial charge on any atom is -0.478 e. The predicted octanol–water partition coefficient (Wildman–Crippen LogP) is 4.96. The van der Waals surface area contributed by atoms with Crippen molar-refractivity contribution in [2.75, 3.05) is 18.5 Å². The number of H-pyrrole nitrogens is 1. The molecule has 3 aliphatic carbocycles. The summed E-state index contributed by atoms with van der Waals surface area (Å²) in [6, 6.07) is 13.4. The van der Waals surface area contributed by atoms with Crippen molar-refractivity contribution in [1.82, 2.24) is 10.3 Å². The molecule has 0 unspecified atom stereocenters. The van der Waals surface area contributed by atoms with Crippen molar-refractivity contribution in [3.63, 3.8) is 0 Å². The van der Waals surface area contributed by atoms with Crippen LogP contribution in [-0.2, 0) is 20.8 Å². The SMILES string of the molecule is NC1=N[C@H](/C(=C\C(=O)O)[C@H](Nc2ccc[nH]2)[C@H]2CC[C@@H]3c4cc5ccc(CC=O)cc5cc4[C@@H]4[C@H]2[C@H]3C=C[C@H]4CC[C@H](O)CC[C@H](C=O)CCCO)C[C@H](CO)N1. The van der Waals surface area contributed by atoms with Gasteiger partial charge in [-0.15, -0.1) is 0 Å². The van der Waals surface area contributed by atoms with E-state index in [9.17, 15) is 34.8 Å². The smallest absolute Gasteiger partial charge is 0.328 e. The average molecular weight is 780 g/mol. The zero-order valence-corrected chi connectivity index (χ0v) is 32.4. The lowest BCUT2D eigenvalue weighted by atomic mass is 9.48. The van der Waals surface area contributed by atoms with Gasteiger partial charge in [-0.05, 0) is 138 Å². The van der Waals surface area contributed by atoms with Crippen LogP contribution in [-0.4, -0.2) is 87.4 Å². The summed E-state index contributed by atoms with van der Waals surface area (Å²) in [4.78, 5) is 43.9.